The lowest BCUT2D eigenvalue weighted by atomic mass is 10.0. The second-order valence-electron chi connectivity index (χ2n) is 6.40. The summed E-state index contributed by atoms with van der Waals surface area (Å²) in [5.74, 6) is -3.03. The van der Waals surface area contributed by atoms with E-state index in [1.165, 1.54) is 18.2 Å². The molecule has 0 aliphatic rings. The standard InChI is InChI=1S/C19H21NO6S/c1-13(2)17(19(23)24)20(12-14-7-4-3-5-8-14)27(25,26)16-10-6-9-15(11-16)18(21)22/h3-11,13,17H,12H2,1-2H3,(H,21,22)(H,23,24)/t17-/m0/s1. The Morgan fingerprint density at radius 1 is 1.00 bits per heavy atom. The highest BCUT2D eigenvalue weighted by molar-refractivity contribution is 7.89. The molecule has 7 nitrogen and oxygen atoms in total. The molecule has 2 aromatic carbocycles. The fourth-order valence-corrected chi connectivity index (χ4v) is 4.51. The lowest BCUT2D eigenvalue weighted by molar-refractivity contribution is -0.143. The van der Waals surface area contributed by atoms with Gasteiger partial charge in [0.05, 0.1) is 10.5 Å². The Balaban J connectivity index is 2.58. The molecule has 0 aliphatic heterocycles. The Morgan fingerprint density at radius 2 is 1.63 bits per heavy atom. The molecule has 0 saturated carbocycles. The highest BCUT2D eigenvalue weighted by Crippen LogP contribution is 2.25. The summed E-state index contributed by atoms with van der Waals surface area (Å²) in [4.78, 5) is 22.8. The van der Waals surface area contributed by atoms with Crippen LogP contribution in [0, 0.1) is 5.92 Å². The fourth-order valence-electron chi connectivity index (χ4n) is 2.76. The van der Waals surface area contributed by atoms with E-state index in [1.807, 2.05) is 0 Å². The van der Waals surface area contributed by atoms with E-state index in [4.69, 9.17) is 5.11 Å². The monoisotopic (exact) mass is 391 g/mol. The minimum absolute atomic E-state index is 0.143. The average Bonchev–Trinajstić information content (AvgIpc) is 2.61. The van der Waals surface area contributed by atoms with Gasteiger partial charge in [-0.25, -0.2) is 13.2 Å². The molecular weight excluding hydrogens is 370 g/mol. The highest BCUT2D eigenvalue weighted by atomic mass is 32.2. The van der Waals surface area contributed by atoms with E-state index < -0.39 is 33.9 Å². The summed E-state index contributed by atoms with van der Waals surface area (Å²) in [6, 6.07) is 12.2. The molecule has 0 heterocycles. The van der Waals surface area contributed by atoms with Crippen LogP contribution in [0.1, 0.15) is 29.8 Å². The van der Waals surface area contributed by atoms with Gasteiger partial charge in [-0.15, -0.1) is 0 Å². The van der Waals surface area contributed by atoms with Crippen molar-refractivity contribution in [3.05, 3.63) is 65.7 Å². The Kier molecular flexibility index (Phi) is 6.35. The summed E-state index contributed by atoms with van der Waals surface area (Å²) >= 11 is 0. The topological polar surface area (TPSA) is 112 Å². The Bertz CT molecular complexity index is 924. The van der Waals surface area contributed by atoms with Crippen LogP contribution in [-0.4, -0.2) is 40.9 Å². The van der Waals surface area contributed by atoms with Crippen LogP contribution in [0.15, 0.2) is 59.5 Å². The largest absolute Gasteiger partial charge is 0.480 e. The van der Waals surface area contributed by atoms with Crippen molar-refractivity contribution in [2.75, 3.05) is 0 Å². The Labute approximate surface area is 157 Å². The van der Waals surface area contributed by atoms with Crippen LogP contribution in [0.5, 0.6) is 0 Å². The summed E-state index contributed by atoms with van der Waals surface area (Å²) < 4.78 is 27.4. The van der Waals surface area contributed by atoms with Crippen LogP contribution in [0.4, 0.5) is 0 Å². The number of rotatable bonds is 8. The van der Waals surface area contributed by atoms with Crippen LogP contribution < -0.4 is 0 Å². The second kappa shape index (κ2) is 8.32. The van der Waals surface area contributed by atoms with Gasteiger partial charge in [-0.05, 0) is 29.7 Å². The smallest absolute Gasteiger partial charge is 0.335 e. The van der Waals surface area contributed by atoms with E-state index in [-0.39, 0.29) is 17.0 Å². The van der Waals surface area contributed by atoms with Crippen LogP contribution in [0.2, 0.25) is 0 Å². The Morgan fingerprint density at radius 3 is 2.15 bits per heavy atom. The summed E-state index contributed by atoms with van der Waals surface area (Å²) in [6.07, 6.45) is 0. The lowest BCUT2D eigenvalue weighted by Crippen LogP contribution is -2.47. The van der Waals surface area contributed by atoms with Crippen LogP contribution in [0.25, 0.3) is 0 Å². The maximum Gasteiger partial charge on any atom is 0.335 e. The van der Waals surface area contributed by atoms with E-state index in [0.717, 1.165) is 10.4 Å². The van der Waals surface area contributed by atoms with Crippen molar-refractivity contribution in [3.8, 4) is 0 Å². The molecule has 0 aliphatic carbocycles. The fraction of sp³-hybridized carbons (Fsp3) is 0.263. The van der Waals surface area contributed by atoms with Crippen molar-refractivity contribution in [3.63, 3.8) is 0 Å². The van der Waals surface area contributed by atoms with Gasteiger partial charge in [-0.2, -0.15) is 4.31 Å². The van der Waals surface area contributed by atoms with E-state index in [2.05, 4.69) is 0 Å². The van der Waals surface area contributed by atoms with Gasteiger partial charge in [0.1, 0.15) is 6.04 Å². The maximum atomic E-state index is 13.2. The minimum atomic E-state index is -4.26. The number of carbonyl (C=O) groups is 2. The molecule has 0 bridgehead atoms. The Hall–Kier alpha value is -2.71. The number of aliphatic carboxylic acids is 1. The van der Waals surface area contributed by atoms with Crippen LogP contribution >= 0.6 is 0 Å². The molecule has 0 aromatic heterocycles. The number of hydrogen-bond acceptors (Lipinski definition) is 4. The molecule has 2 rings (SSSR count). The predicted molar refractivity (Wildman–Crippen MR) is 98.8 cm³/mol. The third-order valence-corrected chi connectivity index (χ3v) is 5.89. The number of carboxylic acids is 2. The normalized spacial score (nSPS) is 12.9. The zero-order valence-electron chi connectivity index (χ0n) is 14.9. The lowest BCUT2D eigenvalue weighted by Gasteiger charge is -2.30. The minimum Gasteiger partial charge on any atom is -0.480 e. The molecule has 27 heavy (non-hydrogen) atoms. The third-order valence-electron chi connectivity index (χ3n) is 4.06. The second-order valence-corrected chi connectivity index (χ2v) is 8.29. The van der Waals surface area contributed by atoms with Crippen molar-refractivity contribution >= 4 is 22.0 Å². The quantitative estimate of drug-likeness (QED) is 0.715. The van der Waals surface area contributed by atoms with Gasteiger partial charge < -0.3 is 10.2 Å². The van der Waals surface area contributed by atoms with Crippen LogP contribution in [0.3, 0.4) is 0 Å². The van der Waals surface area contributed by atoms with Crippen molar-refractivity contribution in [2.24, 2.45) is 5.92 Å². The van der Waals surface area contributed by atoms with Crippen molar-refractivity contribution < 1.29 is 28.2 Å². The molecule has 0 fully saturated rings. The van der Waals surface area contributed by atoms with Gasteiger partial charge >= 0.3 is 11.9 Å². The molecule has 8 heteroatoms. The van der Waals surface area contributed by atoms with Gasteiger partial charge in [0.2, 0.25) is 10.0 Å². The first-order valence-corrected chi connectivity index (χ1v) is 9.70. The zero-order valence-corrected chi connectivity index (χ0v) is 15.8. The number of benzene rings is 2. The molecule has 2 aromatic rings. The number of aromatic carboxylic acids is 1. The van der Waals surface area contributed by atoms with Crippen molar-refractivity contribution in [1.29, 1.82) is 0 Å². The average molecular weight is 391 g/mol. The zero-order chi connectivity index (χ0) is 20.2. The SMILES string of the molecule is CC(C)[C@@H](C(=O)O)N(Cc1ccccc1)S(=O)(=O)c1cccc(C(=O)O)c1. The van der Waals surface area contributed by atoms with E-state index in [9.17, 15) is 23.1 Å². The summed E-state index contributed by atoms with van der Waals surface area (Å²) in [5.41, 5.74) is 0.439. The van der Waals surface area contributed by atoms with E-state index >= 15 is 0 Å². The number of nitrogens with zero attached hydrogens (tertiary/aromatic N) is 1. The highest BCUT2D eigenvalue weighted by Gasteiger charge is 2.38. The molecule has 0 unspecified atom stereocenters. The third kappa shape index (κ3) is 4.72. The molecule has 0 radical (unpaired) electrons. The molecule has 0 saturated heterocycles. The summed E-state index contributed by atoms with van der Waals surface area (Å²) in [7, 11) is -4.26. The number of sulfonamides is 1. The molecule has 0 spiro atoms. The molecule has 144 valence electrons. The maximum absolute atomic E-state index is 13.2. The van der Waals surface area contributed by atoms with E-state index in [1.54, 1.807) is 44.2 Å². The van der Waals surface area contributed by atoms with Gasteiger partial charge in [-0.3, -0.25) is 4.79 Å². The number of carboxylic acid groups (broad SMARTS) is 2. The molecule has 0 amide bonds. The first kappa shape index (κ1) is 20.6. The van der Waals surface area contributed by atoms with Gasteiger partial charge in [-0.1, -0.05) is 50.2 Å². The first-order valence-electron chi connectivity index (χ1n) is 8.26. The van der Waals surface area contributed by atoms with Gasteiger partial charge in [0, 0.05) is 6.54 Å². The number of hydrogen-bond donors (Lipinski definition) is 2. The molecule has 2 N–H and O–H groups in total. The van der Waals surface area contributed by atoms with Crippen molar-refractivity contribution in [1.82, 2.24) is 4.31 Å². The van der Waals surface area contributed by atoms with Crippen LogP contribution in [-0.2, 0) is 21.4 Å². The van der Waals surface area contributed by atoms with Crippen molar-refractivity contribution in [2.45, 2.75) is 31.3 Å². The molecular formula is C19H21NO6S. The van der Waals surface area contributed by atoms with Gasteiger partial charge in [0.25, 0.3) is 0 Å². The first-order chi connectivity index (χ1) is 12.6. The molecule has 1 atom stereocenters. The predicted octanol–water partition coefficient (Wildman–Crippen LogP) is 2.68. The van der Waals surface area contributed by atoms with E-state index in [0.29, 0.717) is 5.56 Å². The summed E-state index contributed by atoms with van der Waals surface area (Å²) in [5, 5.41) is 18.8. The van der Waals surface area contributed by atoms with Gasteiger partial charge in [0.15, 0.2) is 0 Å². The summed E-state index contributed by atoms with van der Waals surface area (Å²) in [6.45, 7) is 3.11.